The summed E-state index contributed by atoms with van der Waals surface area (Å²) in [4.78, 5) is 10.5. The molecule has 1 rings (SSSR count). The van der Waals surface area contributed by atoms with Crippen LogP contribution >= 0.6 is 0 Å². The Kier molecular flexibility index (Phi) is 6.61. The molecule has 0 spiro atoms. The van der Waals surface area contributed by atoms with Crippen molar-refractivity contribution >= 4 is 22.2 Å². The lowest BCUT2D eigenvalue weighted by Gasteiger charge is -2.16. The van der Waals surface area contributed by atoms with Gasteiger partial charge in [-0.15, -0.1) is 0 Å². The zero-order valence-corrected chi connectivity index (χ0v) is 13.6. The highest BCUT2D eigenvalue weighted by Crippen LogP contribution is 2.27. The first-order chi connectivity index (χ1) is 9.77. The van der Waals surface area contributed by atoms with E-state index in [1.54, 1.807) is 12.3 Å². The summed E-state index contributed by atoms with van der Waals surface area (Å²) in [5.41, 5.74) is 0.621. The van der Waals surface area contributed by atoms with Crippen molar-refractivity contribution in [2.45, 2.75) is 39.3 Å². The van der Waals surface area contributed by atoms with Crippen molar-refractivity contribution in [3.8, 4) is 5.75 Å². The van der Waals surface area contributed by atoms with Crippen LogP contribution in [0, 0.1) is 10.1 Å². The van der Waals surface area contributed by atoms with Gasteiger partial charge < -0.3 is 10.1 Å². The number of nitrogens with one attached hydrogen (secondary N) is 1. The fourth-order valence-corrected chi connectivity index (χ4v) is 2.50. The average Bonchev–Trinajstić information content (AvgIpc) is 2.35. The number of ether oxygens (including phenoxy) is 1. The largest absolute Gasteiger partial charge is 0.491 e. The topological polar surface area (TPSA) is 81.5 Å². The number of anilines is 1. The van der Waals surface area contributed by atoms with Gasteiger partial charge in [0.15, 0.2) is 0 Å². The minimum Gasteiger partial charge on any atom is -0.491 e. The molecule has 0 fully saturated rings. The first-order valence-electron chi connectivity index (χ1n) is 6.80. The van der Waals surface area contributed by atoms with Gasteiger partial charge in [0.1, 0.15) is 5.75 Å². The third-order valence-electron chi connectivity index (χ3n) is 2.73. The average molecular weight is 314 g/mol. The Labute approximate surface area is 127 Å². The number of nitro benzene ring substituents is 1. The molecule has 0 aromatic heterocycles. The highest BCUT2D eigenvalue weighted by atomic mass is 32.2. The standard InChI is InChI=1S/C14H22N2O4S/c1-10(2)20-14-8-12(7-13(9-14)16(17)18)15-11(3)5-6-21(4)19/h7-11,15H,5-6H2,1-4H3. The van der Waals surface area contributed by atoms with Gasteiger partial charge in [-0.2, -0.15) is 0 Å². The molecule has 1 aromatic rings. The summed E-state index contributed by atoms with van der Waals surface area (Å²) in [7, 11) is -0.841. The summed E-state index contributed by atoms with van der Waals surface area (Å²) in [6.07, 6.45) is 2.33. The second kappa shape index (κ2) is 7.97. The number of hydrogen-bond donors (Lipinski definition) is 1. The fourth-order valence-electron chi connectivity index (χ4n) is 1.81. The van der Waals surface area contributed by atoms with E-state index in [1.807, 2.05) is 20.8 Å². The van der Waals surface area contributed by atoms with Crippen molar-refractivity contribution < 1.29 is 13.9 Å². The number of rotatable bonds is 8. The Morgan fingerprint density at radius 3 is 2.52 bits per heavy atom. The van der Waals surface area contributed by atoms with E-state index in [4.69, 9.17) is 4.74 Å². The zero-order chi connectivity index (χ0) is 16.0. The van der Waals surface area contributed by atoms with E-state index in [-0.39, 0.29) is 17.8 Å². The highest BCUT2D eigenvalue weighted by molar-refractivity contribution is 7.84. The molecule has 0 bridgehead atoms. The van der Waals surface area contributed by atoms with E-state index in [2.05, 4.69) is 5.32 Å². The molecule has 1 aromatic carbocycles. The first kappa shape index (κ1) is 17.4. The smallest absolute Gasteiger partial charge is 0.275 e. The van der Waals surface area contributed by atoms with Crippen LogP contribution in [0.1, 0.15) is 27.2 Å². The third kappa shape index (κ3) is 6.57. The van der Waals surface area contributed by atoms with Crippen LogP contribution in [0.3, 0.4) is 0 Å². The predicted molar refractivity (Wildman–Crippen MR) is 85.5 cm³/mol. The Bertz CT molecular complexity index is 520. The quantitative estimate of drug-likeness (QED) is 0.589. The maximum Gasteiger partial charge on any atom is 0.275 e. The Balaban J connectivity index is 2.86. The summed E-state index contributed by atoms with van der Waals surface area (Å²) in [6, 6.07) is 4.71. The van der Waals surface area contributed by atoms with Crippen LogP contribution in [0.15, 0.2) is 18.2 Å². The Morgan fingerprint density at radius 2 is 2.00 bits per heavy atom. The van der Waals surface area contributed by atoms with Gasteiger partial charge in [0.05, 0.1) is 17.1 Å². The van der Waals surface area contributed by atoms with Crippen LogP contribution in [-0.4, -0.2) is 33.3 Å². The SMILES string of the molecule is CC(CCS(C)=O)Nc1cc(OC(C)C)cc([N+](=O)[O-])c1. The lowest BCUT2D eigenvalue weighted by atomic mass is 10.2. The first-order valence-corrected chi connectivity index (χ1v) is 8.53. The molecule has 21 heavy (non-hydrogen) atoms. The van der Waals surface area contributed by atoms with Crippen molar-refractivity contribution in [2.24, 2.45) is 0 Å². The zero-order valence-electron chi connectivity index (χ0n) is 12.8. The lowest BCUT2D eigenvalue weighted by molar-refractivity contribution is -0.384. The van der Waals surface area contributed by atoms with Gasteiger partial charge in [-0.1, -0.05) is 0 Å². The van der Waals surface area contributed by atoms with Crippen molar-refractivity contribution in [2.75, 3.05) is 17.3 Å². The maximum absolute atomic E-state index is 11.1. The summed E-state index contributed by atoms with van der Waals surface area (Å²) in [6.45, 7) is 5.69. The monoisotopic (exact) mass is 314 g/mol. The lowest BCUT2D eigenvalue weighted by Crippen LogP contribution is -2.18. The van der Waals surface area contributed by atoms with Gasteiger partial charge >= 0.3 is 0 Å². The molecule has 0 amide bonds. The Hall–Kier alpha value is -1.63. The number of benzene rings is 1. The minimum absolute atomic E-state index is 0.0121. The molecule has 2 unspecified atom stereocenters. The van der Waals surface area contributed by atoms with Crippen LogP contribution in [0.5, 0.6) is 5.75 Å². The molecular formula is C14H22N2O4S. The summed E-state index contributed by atoms with van der Waals surface area (Å²) < 4.78 is 16.6. The summed E-state index contributed by atoms with van der Waals surface area (Å²) in [5.74, 6) is 1.06. The minimum atomic E-state index is -0.841. The van der Waals surface area contributed by atoms with E-state index < -0.39 is 15.7 Å². The summed E-state index contributed by atoms with van der Waals surface area (Å²) in [5, 5.41) is 14.2. The summed E-state index contributed by atoms with van der Waals surface area (Å²) >= 11 is 0. The van der Waals surface area contributed by atoms with E-state index in [1.165, 1.54) is 12.1 Å². The molecule has 1 N–H and O–H groups in total. The van der Waals surface area contributed by atoms with Crippen molar-refractivity contribution in [1.29, 1.82) is 0 Å². The number of hydrogen-bond acceptors (Lipinski definition) is 5. The van der Waals surface area contributed by atoms with E-state index in [0.717, 1.165) is 6.42 Å². The predicted octanol–water partition coefficient (Wildman–Crippen LogP) is 2.95. The molecule has 0 radical (unpaired) electrons. The second-order valence-electron chi connectivity index (χ2n) is 5.25. The third-order valence-corrected chi connectivity index (χ3v) is 3.54. The fraction of sp³-hybridized carbons (Fsp3) is 0.571. The van der Waals surface area contributed by atoms with Crippen molar-refractivity contribution in [3.63, 3.8) is 0 Å². The molecule has 0 saturated carbocycles. The van der Waals surface area contributed by atoms with Gasteiger partial charge in [0.2, 0.25) is 0 Å². The Morgan fingerprint density at radius 1 is 1.33 bits per heavy atom. The molecule has 2 atom stereocenters. The van der Waals surface area contributed by atoms with Crippen LogP contribution < -0.4 is 10.1 Å². The van der Waals surface area contributed by atoms with Gasteiger partial charge in [0.25, 0.3) is 5.69 Å². The van der Waals surface area contributed by atoms with Crippen molar-refractivity contribution in [3.05, 3.63) is 28.3 Å². The molecule has 0 aliphatic rings. The van der Waals surface area contributed by atoms with Gasteiger partial charge in [0, 0.05) is 46.7 Å². The van der Waals surface area contributed by atoms with E-state index in [9.17, 15) is 14.3 Å². The maximum atomic E-state index is 11.1. The van der Waals surface area contributed by atoms with E-state index >= 15 is 0 Å². The molecule has 6 nitrogen and oxygen atoms in total. The molecular weight excluding hydrogens is 292 g/mol. The van der Waals surface area contributed by atoms with Gasteiger partial charge in [-0.25, -0.2) is 0 Å². The number of non-ortho nitro benzene ring substituents is 1. The number of nitro groups is 1. The van der Waals surface area contributed by atoms with Crippen molar-refractivity contribution in [1.82, 2.24) is 0 Å². The van der Waals surface area contributed by atoms with Gasteiger partial charge in [-0.3, -0.25) is 14.3 Å². The van der Waals surface area contributed by atoms with Crippen LogP contribution in [0.4, 0.5) is 11.4 Å². The molecule has 0 saturated heterocycles. The van der Waals surface area contributed by atoms with Crippen LogP contribution in [0.2, 0.25) is 0 Å². The van der Waals surface area contributed by atoms with Crippen LogP contribution in [-0.2, 0) is 10.8 Å². The molecule has 118 valence electrons. The molecule has 0 aliphatic heterocycles. The normalized spacial score (nSPS) is 13.8. The number of nitrogens with zero attached hydrogens (tertiary/aromatic N) is 1. The second-order valence-corrected chi connectivity index (χ2v) is 6.81. The molecule has 7 heteroatoms. The van der Waals surface area contributed by atoms with Crippen LogP contribution in [0.25, 0.3) is 0 Å². The van der Waals surface area contributed by atoms with Gasteiger partial charge in [-0.05, 0) is 27.2 Å². The van der Waals surface area contributed by atoms with E-state index in [0.29, 0.717) is 17.2 Å². The highest BCUT2D eigenvalue weighted by Gasteiger charge is 2.13. The molecule has 0 aliphatic carbocycles. The molecule has 0 heterocycles.